The largest absolute Gasteiger partial charge is 0.326 e. The van der Waals surface area contributed by atoms with Gasteiger partial charge in [-0.15, -0.1) is 0 Å². The van der Waals surface area contributed by atoms with E-state index in [4.69, 9.17) is 5.73 Å². The topological polar surface area (TPSA) is 30.9 Å². The Morgan fingerprint density at radius 3 is 2.28 bits per heavy atom. The fourth-order valence-electron chi connectivity index (χ4n) is 6.21. The standard InChI is InChI=1S/C34H28N2/c1-34(2)28-14-7-6-13-26(28)32-29(34)16-18-31-33(32)27-20-24(23-10-4-3-5-11-23)15-17-30(27)36(31)25-12-8-9-22(19-25)21-35/h3-20H,21,35H2,1-2H3. The van der Waals surface area contributed by atoms with Gasteiger partial charge in [-0.25, -0.2) is 0 Å². The minimum Gasteiger partial charge on any atom is -0.326 e. The molecule has 2 N–H and O–H groups in total. The van der Waals surface area contributed by atoms with E-state index in [0.29, 0.717) is 6.54 Å². The molecule has 0 aliphatic heterocycles. The predicted octanol–water partition coefficient (Wildman–Crippen LogP) is 8.22. The molecule has 1 aliphatic carbocycles. The smallest absolute Gasteiger partial charge is 0.0547 e. The molecule has 0 fully saturated rings. The third kappa shape index (κ3) is 2.88. The lowest BCUT2D eigenvalue weighted by Gasteiger charge is -2.21. The van der Waals surface area contributed by atoms with Crippen LogP contribution in [-0.4, -0.2) is 4.57 Å². The summed E-state index contributed by atoms with van der Waals surface area (Å²) in [4.78, 5) is 0. The number of benzene rings is 5. The molecule has 36 heavy (non-hydrogen) atoms. The van der Waals surface area contributed by atoms with Crippen molar-refractivity contribution in [3.63, 3.8) is 0 Å². The van der Waals surface area contributed by atoms with E-state index in [9.17, 15) is 0 Å². The molecule has 1 aliphatic rings. The SMILES string of the molecule is CC1(C)c2ccccc2-c2c1ccc1c2c2cc(-c3ccccc3)ccc2n1-c1cccc(CN)c1. The van der Waals surface area contributed by atoms with Gasteiger partial charge < -0.3 is 10.3 Å². The highest BCUT2D eigenvalue weighted by Crippen LogP contribution is 2.53. The molecule has 1 aromatic heterocycles. The van der Waals surface area contributed by atoms with Crippen LogP contribution in [0.3, 0.4) is 0 Å². The lowest BCUT2D eigenvalue weighted by Crippen LogP contribution is -2.14. The van der Waals surface area contributed by atoms with Crippen molar-refractivity contribution in [2.75, 3.05) is 0 Å². The Labute approximate surface area is 211 Å². The van der Waals surface area contributed by atoms with Crippen LogP contribution in [0, 0.1) is 0 Å². The number of nitrogens with two attached hydrogens (primary N) is 1. The fourth-order valence-corrected chi connectivity index (χ4v) is 6.21. The summed E-state index contributed by atoms with van der Waals surface area (Å²) in [7, 11) is 0. The first-order chi connectivity index (χ1) is 17.6. The first-order valence-corrected chi connectivity index (χ1v) is 12.6. The molecule has 0 unspecified atom stereocenters. The van der Waals surface area contributed by atoms with Gasteiger partial charge in [0, 0.05) is 28.4 Å². The van der Waals surface area contributed by atoms with Crippen molar-refractivity contribution in [3.8, 4) is 27.9 Å². The van der Waals surface area contributed by atoms with Crippen LogP contribution in [0.4, 0.5) is 0 Å². The third-order valence-corrected chi connectivity index (χ3v) is 7.99. The van der Waals surface area contributed by atoms with Crippen LogP contribution in [0.25, 0.3) is 49.7 Å². The number of hydrogen-bond donors (Lipinski definition) is 1. The predicted molar refractivity (Wildman–Crippen MR) is 152 cm³/mol. The number of nitrogens with zero attached hydrogens (tertiary/aromatic N) is 1. The minimum absolute atomic E-state index is 0.0367. The first kappa shape index (κ1) is 21.2. The maximum Gasteiger partial charge on any atom is 0.0547 e. The molecule has 0 radical (unpaired) electrons. The van der Waals surface area contributed by atoms with Crippen LogP contribution < -0.4 is 5.73 Å². The van der Waals surface area contributed by atoms with E-state index in [2.05, 4.69) is 128 Å². The molecule has 0 saturated heterocycles. The van der Waals surface area contributed by atoms with Gasteiger partial charge in [0.15, 0.2) is 0 Å². The lowest BCUT2D eigenvalue weighted by atomic mass is 9.82. The summed E-state index contributed by atoms with van der Waals surface area (Å²) in [6.45, 7) is 5.23. The fraction of sp³-hybridized carbons (Fsp3) is 0.118. The van der Waals surface area contributed by atoms with Gasteiger partial charge in [0.05, 0.1) is 11.0 Å². The van der Waals surface area contributed by atoms with E-state index in [-0.39, 0.29) is 5.41 Å². The van der Waals surface area contributed by atoms with Crippen molar-refractivity contribution in [1.29, 1.82) is 0 Å². The molecule has 174 valence electrons. The molecule has 0 atom stereocenters. The van der Waals surface area contributed by atoms with Crippen molar-refractivity contribution in [1.82, 2.24) is 4.57 Å². The second-order valence-corrected chi connectivity index (χ2v) is 10.4. The zero-order valence-corrected chi connectivity index (χ0v) is 20.6. The van der Waals surface area contributed by atoms with E-state index >= 15 is 0 Å². The van der Waals surface area contributed by atoms with Crippen LogP contribution in [-0.2, 0) is 12.0 Å². The number of rotatable bonds is 3. The van der Waals surface area contributed by atoms with E-state index in [1.807, 2.05) is 0 Å². The van der Waals surface area contributed by atoms with Crippen molar-refractivity contribution in [2.45, 2.75) is 25.8 Å². The quantitative estimate of drug-likeness (QED) is 0.281. The average molecular weight is 465 g/mol. The Morgan fingerprint density at radius 2 is 1.44 bits per heavy atom. The molecule has 0 spiro atoms. The highest BCUT2D eigenvalue weighted by atomic mass is 15.0. The van der Waals surface area contributed by atoms with Crippen LogP contribution >= 0.6 is 0 Å². The maximum absolute atomic E-state index is 6.03. The van der Waals surface area contributed by atoms with Crippen molar-refractivity contribution < 1.29 is 0 Å². The van der Waals surface area contributed by atoms with E-state index in [0.717, 1.165) is 11.3 Å². The second kappa shape index (κ2) is 7.68. The first-order valence-electron chi connectivity index (χ1n) is 12.6. The zero-order valence-electron chi connectivity index (χ0n) is 20.6. The highest BCUT2D eigenvalue weighted by molar-refractivity contribution is 6.18. The summed E-state index contributed by atoms with van der Waals surface area (Å²) in [5.41, 5.74) is 18.7. The summed E-state index contributed by atoms with van der Waals surface area (Å²) in [6, 6.07) is 39.8. The summed E-state index contributed by atoms with van der Waals surface area (Å²) in [5.74, 6) is 0. The second-order valence-electron chi connectivity index (χ2n) is 10.4. The Morgan fingerprint density at radius 1 is 0.667 bits per heavy atom. The zero-order chi connectivity index (χ0) is 24.4. The summed E-state index contributed by atoms with van der Waals surface area (Å²) < 4.78 is 2.41. The Hall–Kier alpha value is -4.14. The van der Waals surface area contributed by atoms with Gasteiger partial charge in [0.1, 0.15) is 0 Å². The van der Waals surface area contributed by atoms with Gasteiger partial charge >= 0.3 is 0 Å². The van der Waals surface area contributed by atoms with Gasteiger partial charge in [-0.2, -0.15) is 0 Å². The molecule has 2 nitrogen and oxygen atoms in total. The number of hydrogen-bond acceptors (Lipinski definition) is 1. The lowest BCUT2D eigenvalue weighted by molar-refractivity contribution is 0.661. The van der Waals surface area contributed by atoms with Crippen LogP contribution in [0.2, 0.25) is 0 Å². The summed E-state index contributed by atoms with van der Waals surface area (Å²) in [5, 5.41) is 2.62. The van der Waals surface area contributed by atoms with Gasteiger partial charge in [-0.05, 0) is 69.3 Å². The van der Waals surface area contributed by atoms with E-state index < -0.39 is 0 Å². The molecule has 1 heterocycles. The molecule has 2 heteroatoms. The molecule has 7 rings (SSSR count). The molecule has 0 amide bonds. The van der Waals surface area contributed by atoms with Crippen LogP contribution in [0.15, 0.2) is 109 Å². The maximum atomic E-state index is 6.03. The van der Waals surface area contributed by atoms with Crippen LogP contribution in [0.5, 0.6) is 0 Å². The Kier molecular flexibility index (Phi) is 4.52. The highest BCUT2D eigenvalue weighted by Gasteiger charge is 2.37. The molecular weight excluding hydrogens is 436 g/mol. The molecular formula is C34H28N2. The summed E-state index contributed by atoms with van der Waals surface area (Å²) >= 11 is 0. The number of aromatic nitrogens is 1. The van der Waals surface area contributed by atoms with Gasteiger partial charge in [0.2, 0.25) is 0 Å². The van der Waals surface area contributed by atoms with Gasteiger partial charge in [0.25, 0.3) is 0 Å². The normalized spacial score (nSPS) is 13.8. The molecule has 6 aromatic rings. The van der Waals surface area contributed by atoms with Crippen LogP contribution in [0.1, 0.15) is 30.5 Å². The van der Waals surface area contributed by atoms with Crippen molar-refractivity contribution >= 4 is 21.8 Å². The van der Waals surface area contributed by atoms with E-state index in [1.165, 1.54) is 55.2 Å². The van der Waals surface area contributed by atoms with Crippen molar-refractivity contribution in [2.24, 2.45) is 5.73 Å². The van der Waals surface area contributed by atoms with Gasteiger partial charge in [-0.1, -0.05) is 92.7 Å². The number of fused-ring (bicyclic) bond motifs is 7. The average Bonchev–Trinajstić information content (AvgIpc) is 3.38. The monoisotopic (exact) mass is 464 g/mol. The molecule has 0 bridgehead atoms. The molecule has 0 saturated carbocycles. The summed E-state index contributed by atoms with van der Waals surface area (Å²) in [6.07, 6.45) is 0. The molecule has 5 aromatic carbocycles. The minimum atomic E-state index is -0.0367. The van der Waals surface area contributed by atoms with Gasteiger partial charge in [-0.3, -0.25) is 0 Å². The third-order valence-electron chi connectivity index (χ3n) is 7.99. The Bertz CT molecular complexity index is 1790. The van der Waals surface area contributed by atoms with E-state index in [1.54, 1.807) is 0 Å². The van der Waals surface area contributed by atoms with Crippen molar-refractivity contribution in [3.05, 3.63) is 126 Å². The Balaban J connectivity index is 1.65.